The Balaban J connectivity index is 1.58. The van der Waals surface area contributed by atoms with Gasteiger partial charge in [0, 0.05) is 28.8 Å². The molecule has 5 rings (SSSR count). The molecule has 0 fully saturated rings. The molecule has 1 aliphatic rings. The van der Waals surface area contributed by atoms with E-state index < -0.39 is 5.97 Å². The largest absolute Gasteiger partial charge is 0.492 e. The van der Waals surface area contributed by atoms with Gasteiger partial charge >= 0.3 is 5.97 Å². The Morgan fingerprint density at radius 1 is 1.37 bits per heavy atom. The van der Waals surface area contributed by atoms with Crippen LogP contribution in [0.25, 0.3) is 21.1 Å². The third kappa shape index (κ3) is 3.26. The van der Waals surface area contributed by atoms with Crippen molar-refractivity contribution in [3.05, 3.63) is 46.7 Å². The summed E-state index contributed by atoms with van der Waals surface area (Å²) in [5.74, 6) is 0.554. The fourth-order valence-corrected chi connectivity index (χ4v) is 5.13. The van der Waals surface area contributed by atoms with Gasteiger partial charge in [0.05, 0.1) is 29.4 Å². The fourth-order valence-electron chi connectivity index (χ4n) is 3.89. The SMILES string of the molecule is CCOc1cc2[nH]ncc2cc1Nc1ncnc2sc3c(c12)CC/C(=C\C(=O)O)C3. The number of aliphatic carboxylic acids is 1. The summed E-state index contributed by atoms with van der Waals surface area (Å²) < 4.78 is 5.83. The van der Waals surface area contributed by atoms with E-state index in [2.05, 4.69) is 25.5 Å². The molecule has 3 heterocycles. The molecule has 0 amide bonds. The molecule has 0 atom stereocenters. The Bertz CT molecular complexity index is 1310. The monoisotopic (exact) mass is 421 g/mol. The lowest BCUT2D eigenvalue weighted by molar-refractivity contribution is -0.131. The number of thiophene rings is 1. The Kier molecular flexibility index (Phi) is 4.59. The number of ether oxygens (including phenoxy) is 1. The number of fused-ring (bicyclic) bond motifs is 4. The highest BCUT2D eigenvalue weighted by atomic mass is 32.1. The number of hydrogen-bond donors (Lipinski definition) is 3. The maximum absolute atomic E-state index is 11.0. The lowest BCUT2D eigenvalue weighted by Gasteiger charge is -2.16. The highest BCUT2D eigenvalue weighted by Crippen LogP contribution is 2.41. The average molecular weight is 421 g/mol. The number of allylic oxidation sites excluding steroid dienone is 1. The zero-order valence-electron chi connectivity index (χ0n) is 16.2. The number of hydrogen-bond acceptors (Lipinski definition) is 7. The van der Waals surface area contributed by atoms with Crippen LogP contribution >= 0.6 is 11.3 Å². The highest BCUT2D eigenvalue weighted by molar-refractivity contribution is 7.19. The molecular weight excluding hydrogens is 402 g/mol. The van der Waals surface area contributed by atoms with Gasteiger partial charge in [-0.05, 0) is 31.4 Å². The Labute approximate surface area is 175 Å². The van der Waals surface area contributed by atoms with Crippen molar-refractivity contribution in [3.8, 4) is 5.75 Å². The topological polar surface area (TPSA) is 113 Å². The molecule has 0 unspecified atom stereocenters. The Morgan fingerprint density at radius 2 is 2.27 bits per heavy atom. The molecule has 0 saturated heterocycles. The molecule has 0 radical (unpaired) electrons. The van der Waals surface area contributed by atoms with E-state index in [-0.39, 0.29) is 0 Å². The van der Waals surface area contributed by atoms with Gasteiger partial charge in [0.15, 0.2) is 0 Å². The molecule has 152 valence electrons. The van der Waals surface area contributed by atoms with Gasteiger partial charge in [-0.3, -0.25) is 5.10 Å². The zero-order chi connectivity index (χ0) is 20.7. The van der Waals surface area contributed by atoms with E-state index in [9.17, 15) is 4.79 Å². The Morgan fingerprint density at radius 3 is 3.10 bits per heavy atom. The number of carbonyl (C=O) groups is 1. The minimum Gasteiger partial charge on any atom is -0.492 e. The van der Waals surface area contributed by atoms with Crippen LogP contribution in [-0.4, -0.2) is 37.8 Å². The maximum Gasteiger partial charge on any atom is 0.328 e. The number of anilines is 2. The van der Waals surface area contributed by atoms with Gasteiger partial charge in [-0.2, -0.15) is 5.10 Å². The summed E-state index contributed by atoms with van der Waals surface area (Å²) >= 11 is 1.60. The molecule has 9 heteroatoms. The lowest BCUT2D eigenvalue weighted by Crippen LogP contribution is -2.06. The first-order chi connectivity index (χ1) is 14.6. The second-order valence-corrected chi connectivity index (χ2v) is 8.17. The number of rotatable bonds is 5. The third-order valence-electron chi connectivity index (χ3n) is 5.18. The van der Waals surface area contributed by atoms with Crippen molar-refractivity contribution in [2.45, 2.75) is 26.2 Å². The molecule has 3 aromatic heterocycles. The van der Waals surface area contributed by atoms with Crippen molar-refractivity contribution in [1.29, 1.82) is 0 Å². The van der Waals surface area contributed by atoms with Crippen LogP contribution in [-0.2, 0) is 17.6 Å². The number of aryl methyl sites for hydroxylation is 1. The minimum absolute atomic E-state index is 0.542. The van der Waals surface area contributed by atoms with E-state index in [0.29, 0.717) is 13.0 Å². The summed E-state index contributed by atoms with van der Waals surface area (Å²) in [4.78, 5) is 22.1. The predicted molar refractivity (Wildman–Crippen MR) is 116 cm³/mol. The van der Waals surface area contributed by atoms with E-state index in [1.165, 1.54) is 11.6 Å². The van der Waals surface area contributed by atoms with Gasteiger partial charge in [0.25, 0.3) is 0 Å². The summed E-state index contributed by atoms with van der Waals surface area (Å²) in [5, 5.41) is 21.5. The number of H-pyrrole nitrogens is 1. The van der Waals surface area contributed by atoms with Gasteiger partial charge in [-0.1, -0.05) is 5.57 Å². The highest BCUT2D eigenvalue weighted by Gasteiger charge is 2.23. The van der Waals surface area contributed by atoms with Crippen LogP contribution < -0.4 is 10.1 Å². The molecule has 8 nitrogen and oxygen atoms in total. The van der Waals surface area contributed by atoms with Crippen molar-refractivity contribution in [1.82, 2.24) is 20.2 Å². The van der Waals surface area contributed by atoms with E-state index >= 15 is 0 Å². The van der Waals surface area contributed by atoms with Gasteiger partial charge in [0.1, 0.15) is 22.7 Å². The number of benzene rings is 1. The fraction of sp³-hybridized carbons (Fsp3) is 0.238. The zero-order valence-corrected chi connectivity index (χ0v) is 17.0. The van der Waals surface area contributed by atoms with Crippen LogP contribution in [0.1, 0.15) is 23.8 Å². The molecule has 4 aromatic rings. The molecule has 1 aromatic carbocycles. The third-order valence-corrected chi connectivity index (χ3v) is 6.32. The minimum atomic E-state index is -0.894. The number of carboxylic acids is 1. The summed E-state index contributed by atoms with van der Waals surface area (Å²) in [6, 6.07) is 3.92. The average Bonchev–Trinajstić information content (AvgIpc) is 3.31. The van der Waals surface area contributed by atoms with E-state index in [4.69, 9.17) is 9.84 Å². The van der Waals surface area contributed by atoms with Crippen molar-refractivity contribution in [2.24, 2.45) is 0 Å². The van der Waals surface area contributed by atoms with E-state index in [1.807, 2.05) is 19.1 Å². The first kappa shape index (κ1) is 18.6. The first-order valence-corrected chi connectivity index (χ1v) is 10.5. The van der Waals surface area contributed by atoms with Gasteiger partial charge < -0.3 is 15.2 Å². The first-order valence-electron chi connectivity index (χ1n) is 9.67. The smallest absolute Gasteiger partial charge is 0.328 e. The Hall–Kier alpha value is -3.46. The van der Waals surface area contributed by atoms with Crippen LogP contribution in [0.2, 0.25) is 0 Å². The molecule has 30 heavy (non-hydrogen) atoms. The summed E-state index contributed by atoms with van der Waals surface area (Å²) in [5.41, 5.74) is 3.85. The quantitative estimate of drug-likeness (QED) is 0.414. The standard InChI is InChI=1S/C21H19N5O3S/c1-2-29-16-8-14-12(9-24-26-14)7-15(16)25-20-19-13-4-3-11(6-18(27)28)5-17(13)30-21(19)23-10-22-20/h6-10H,2-5H2,1H3,(H,24,26)(H,27,28)(H,22,23,25)/b11-6+. The van der Waals surface area contributed by atoms with Crippen LogP contribution in [0.4, 0.5) is 11.5 Å². The molecule has 0 bridgehead atoms. The number of aromatic amines is 1. The second-order valence-electron chi connectivity index (χ2n) is 7.09. The summed E-state index contributed by atoms with van der Waals surface area (Å²) in [6.45, 7) is 2.49. The number of carboxylic acid groups (broad SMARTS) is 1. The van der Waals surface area contributed by atoms with Crippen LogP contribution in [0.15, 0.2) is 36.3 Å². The van der Waals surface area contributed by atoms with Crippen LogP contribution in [0.5, 0.6) is 5.75 Å². The maximum atomic E-state index is 11.0. The number of nitrogens with zero attached hydrogens (tertiary/aromatic N) is 3. The van der Waals surface area contributed by atoms with Crippen LogP contribution in [0.3, 0.4) is 0 Å². The lowest BCUT2D eigenvalue weighted by atomic mass is 9.92. The molecular formula is C21H19N5O3S. The molecule has 0 saturated carbocycles. The molecule has 1 aliphatic carbocycles. The summed E-state index contributed by atoms with van der Waals surface area (Å²) in [6.07, 6.45) is 6.80. The van der Waals surface area contributed by atoms with Gasteiger partial charge in [0.2, 0.25) is 0 Å². The van der Waals surface area contributed by atoms with Crippen molar-refractivity contribution < 1.29 is 14.6 Å². The van der Waals surface area contributed by atoms with E-state index in [0.717, 1.165) is 61.7 Å². The molecule has 3 N–H and O–H groups in total. The summed E-state index contributed by atoms with van der Waals surface area (Å²) in [7, 11) is 0. The van der Waals surface area contributed by atoms with E-state index in [1.54, 1.807) is 23.9 Å². The van der Waals surface area contributed by atoms with Crippen molar-refractivity contribution >= 4 is 49.9 Å². The second kappa shape index (κ2) is 7.42. The normalized spacial score (nSPS) is 14.9. The van der Waals surface area contributed by atoms with Crippen molar-refractivity contribution in [3.63, 3.8) is 0 Å². The molecule has 0 aliphatic heterocycles. The predicted octanol–water partition coefficient (Wildman–Crippen LogP) is 4.21. The van der Waals surface area contributed by atoms with Gasteiger partial charge in [-0.25, -0.2) is 14.8 Å². The van der Waals surface area contributed by atoms with Crippen molar-refractivity contribution in [2.75, 3.05) is 11.9 Å². The number of aromatic nitrogens is 4. The number of nitrogens with one attached hydrogen (secondary N) is 2. The van der Waals surface area contributed by atoms with Gasteiger partial charge in [-0.15, -0.1) is 11.3 Å². The van der Waals surface area contributed by atoms with Crippen LogP contribution in [0, 0.1) is 0 Å². The molecule has 0 spiro atoms.